The van der Waals surface area contributed by atoms with Crippen molar-refractivity contribution in [1.82, 2.24) is 14.8 Å². The van der Waals surface area contributed by atoms with Crippen LogP contribution < -0.4 is 5.32 Å². The summed E-state index contributed by atoms with van der Waals surface area (Å²) in [7, 11) is 1.32. The Balaban J connectivity index is 1.39. The Morgan fingerprint density at radius 1 is 0.912 bits per heavy atom. The van der Waals surface area contributed by atoms with Gasteiger partial charge in [-0.15, -0.1) is 10.2 Å². The number of methoxy groups -OCH3 is 1. The van der Waals surface area contributed by atoms with Crippen molar-refractivity contribution in [3.8, 4) is 22.9 Å². The van der Waals surface area contributed by atoms with E-state index in [4.69, 9.17) is 9.15 Å². The van der Waals surface area contributed by atoms with Gasteiger partial charge >= 0.3 is 5.97 Å². The number of rotatable bonds is 6. The Bertz CT molecular complexity index is 1470. The molecule has 0 saturated carbocycles. The monoisotopic (exact) mass is 452 g/mol. The first kappa shape index (κ1) is 21.1. The Morgan fingerprint density at radius 2 is 1.62 bits per heavy atom. The van der Waals surface area contributed by atoms with Gasteiger partial charge in [-0.05, 0) is 42.5 Å². The maximum absolute atomic E-state index is 12.8. The van der Waals surface area contributed by atoms with Gasteiger partial charge in [0, 0.05) is 28.4 Å². The quantitative estimate of drug-likeness (QED) is 0.372. The Labute approximate surface area is 194 Å². The first-order valence-electron chi connectivity index (χ1n) is 10.6. The Hall–Kier alpha value is -4.72. The van der Waals surface area contributed by atoms with Gasteiger partial charge in [0.15, 0.2) is 0 Å². The summed E-state index contributed by atoms with van der Waals surface area (Å²) in [5.74, 6) is 0.169. The second kappa shape index (κ2) is 9.03. The lowest BCUT2D eigenvalue weighted by Crippen LogP contribution is -2.18. The van der Waals surface area contributed by atoms with Gasteiger partial charge in [-0.3, -0.25) is 4.79 Å². The minimum atomic E-state index is -0.430. The van der Waals surface area contributed by atoms with Gasteiger partial charge in [0.2, 0.25) is 17.7 Å². The summed E-state index contributed by atoms with van der Waals surface area (Å²) < 4.78 is 12.5. The zero-order chi connectivity index (χ0) is 23.5. The highest BCUT2D eigenvalue weighted by atomic mass is 16.5. The molecule has 2 heterocycles. The first-order chi connectivity index (χ1) is 16.6. The molecule has 1 N–H and O–H groups in total. The van der Waals surface area contributed by atoms with Crippen molar-refractivity contribution in [2.24, 2.45) is 0 Å². The number of nitrogens with zero attached hydrogens (tertiary/aromatic N) is 3. The largest absolute Gasteiger partial charge is 0.465 e. The number of para-hydroxylation sites is 1. The number of ether oxygens (including phenoxy) is 1. The molecule has 0 unspecified atom stereocenters. The Morgan fingerprint density at radius 3 is 2.38 bits per heavy atom. The lowest BCUT2D eigenvalue weighted by molar-refractivity contribution is -0.116. The molecule has 0 aliphatic rings. The third-order valence-electron chi connectivity index (χ3n) is 5.37. The summed E-state index contributed by atoms with van der Waals surface area (Å²) in [5, 5.41) is 12.2. The molecule has 3 aromatic carbocycles. The molecule has 34 heavy (non-hydrogen) atoms. The normalized spacial score (nSPS) is 10.9. The molecular weight excluding hydrogens is 432 g/mol. The molecule has 0 bridgehead atoms. The molecule has 5 aromatic rings. The summed E-state index contributed by atoms with van der Waals surface area (Å²) in [6, 6.07) is 23.8. The van der Waals surface area contributed by atoms with Crippen molar-refractivity contribution in [2.45, 2.75) is 6.54 Å². The predicted molar refractivity (Wildman–Crippen MR) is 127 cm³/mol. The molecule has 5 rings (SSSR count). The van der Waals surface area contributed by atoms with Crippen molar-refractivity contribution in [2.75, 3.05) is 12.4 Å². The molecule has 0 radical (unpaired) electrons. The molecule has 0 aliphatic carbocycles. The number of hydrogen-bond donors (Lipinski definition) is 1. The molecule has 0 saturated heterocycles. The fourth-order valence-electron chi connectivity index (χ4n) is 3.74. The van der Waals surface area contributed by atoms with Crippen LogP contribution in [0.15, 0.2) is 89.5 Å². The number of fused-ring (bicyclic) bond motifs is 1. The molecule has 0 aliphatic heterocycles. The zero-order valence-electron chi connectivity index (χ0n) is 18.3. The number of benzene rings is 3. The first-order valence-corrected chi connectivity index (χ1v) is 10.6. The van der Waals surface area contributed by atoms with Crippen LogP contribution in [0.25, 0.3) is 33.8 Å². The van der Waals surface area contributed by atoms with Gasteiger partial charge < -0.3 is 19.0 Å². The second-order valence-electron chi connectivity index (χ2n) is 7.58. The van der Waals surface area contributed by atoms with Crippen molar-refractivity contribution in [1.29, 1.82) is 0 Å². The van der Waals surface area contributed by atoms with Crippen LogP contribution in [0.3, 0.4) is 0 Å². The molecule has 8 nitrogen and oxygen atoms in total. The van der Waals surface area contributed by atoms with E-state index in [0.717, 1.165) is 22.0 Å². The standard InChI is InChI=1S/C26H20N4O4/c1-33-26(32)18-11-13-19(14-12-18)27-23(31)16-30-15-21(20-9-5-6-10-22(20)30)25-29-28-24(34-25)17-7-3-2-4-8-17/h2-15H,16H2,1H3,(H,27,31). The van der Waals surface area contributed by atoms with Gasteiger partial charge in [-0.2, -0.15) is 0 Å². The van der Waals surface area contributed by atoms with E-state index in [9.17, 15) is 9.59 Å². The van der Waals surface area contributed by atoms with E-state index >= 15 is 0 Å². The number of aromatic nitrogens is 3. The van der Waals surface area contributed by atoms with Crippen LogP contribution in [0.5, 0.6) is 0 Å². The second-order valence-corrected chi connectivity index (χ2v) is 7.58. The highest BCUT2D eigenvalue weighted by molar-refractivity contribution is 5.97. The molecule has 8 heteroatoms. The number of carbonyl (C=O) groups excluding carboxylic acids is 2. The summed E-state index contributed by atoms with van der Waals surface area (Å²) in [5.41, 5.74) is 3.45. The van der Waals surface area contributed by atoms with E-state index in [-0.39, 0.29) is 12.5 Å². The summed E-state index contributed by atoms with van der Waals surface area (Å²) in [6.45, 7) is 0.0823. The van der Waals surface area contributed by atoms with Crippen LogP contribution in [0.1, 0.15) is 10.4 Å². The molecular formula is C26H20N4O4. The third-order valence-corrected chi connectivity index (χ3v) is 5.37. The van der Waals surface area contributed by atoms with E-state index in [1.807, 2.05) is 65.4 Å². The molecule has 1 amide bonds. The van der Waals surface area contributed by atoms with Crippen LogP contribution in [0, 0.1) is 0 Å². The van der Waals surface area contributed by atoms with Crippen molar-refractivity contribution >= 4 is 28.5 Å². The average molecular weight is 452 g/mol. The van der Waals surface area contributed by atoms with Gasteiger partial charge in [0.25, 0.3) is 0 Å². The number of esters is 1. The van der Waals surface area contributed by atoms with Crippen molar-refractivity contribution in [3.05, 3.63) is 90.6 Å². The van der Waals surface area contributed by atoms with Crippen LogP contribution >= 0.6 is 0 Å². The minimum Gasteiger partial charge on any atom is -0.465 e. The van der Waals surface area contributed by atoms with E-state index in [1.54, 1.807) is 24.3 Å². The lowest BCUT2D eigenvalue weighted by Gasteiger charge is -2.08. The SMILES string of the molecule is COC(=O)c1ccc(NC(=O)Cn2cc(-c3nnc(-c4ccccc4)o3)c3ccccc32)cc1. The third kappa shape index (κ3) is 4.16. The molecule has 0 fully saturated rings. The Kier molecular flexibility index (Phi) is 5.61. The fourth-order valence-corrected chi connectivity index (χ4v) is 3.74. The molecule has 0 spiro atoms. The van der Waals surface area contributed by atoms with Crippen molar-refractivity contribution in [3.63, 3.8) is 0 Å². The average Bonchev–Trinajstić information content (AvgIpc) is 3.50. The summed E-state index contributed by atoms with van der Waals surface area (Å²) in [6.07, 6.45) is 1.84. The molecule has 2 aromatic heterocycles. The zero-order valence-corrected chi connectivity index (χ0v) is 18.3. The summed E-state index contributed by atoms with van der Waals surface area (Å²) >= 11 is 0. The van der Waals surface area contributed by atoms with Gasteiger partial charge in [0.1, 0.15) is 6.54 Å². The van der Waals surface area contributed by atoms with E-state index in [2.05, 4.69) is 15.5 Å². The highest BCUT2D eigenvalue weighted by Gasteiger charge is 2.18. The number of hydrogen-bond acceptors (Lipinski definition) is 6. The van der Waals surface area contributed by atoms with Crippen LogP contribution in [-0.2, 0) is 16.1 Å². The number of anilines is 1. The predicted octanol–water partition coefficient (Wildman–Crippen LogP) is 4.78. The van der Waals surface area contributed by atoms with E-state index in [1.165, 1.54) is 7.11 Å². The highest BCUT2D eigenvalue weighted by Crippen LogP contribution is 2.31. The minimum absolute atomic E-state index is 0.0823. The summed E-state index contributed by atoms with van der Waals surface area (Å²) in [4.78, 5) is 24.3. The maximum Gasteiger partial charge on any atom is 0.337 e. The smallest absolute Gasteiger partial charge is 0.337 e. The number of amides is 1. The lowest BCUT2D eigenvalue weighted by atomic mass is 10.2. The molecule has 168 valence electrons. The van der Waals surface area contributed by atoms with Gasteiger partial charge in [-0.1, -0.05) is 36.4 Å². The van der Waals surface area contributed by atoms with Crippen LogP contribution in [-0.4, -0.2) is 33.8 Å². The van der Waals surface area contributed by atoms with Gasteiger partial charge in [0.05, 0.1) is 18.2 Å². The van der Waals surface area contributed by atoms with E-state index in [0.29, 0.717) is 23.0 Å². The molecule has 0 atom stereocenters. The van der Waals surface area contributed by atoms with Crippen molar-refractivity contribution < 1.29 is 18.7 Å². The fraction of sp³-hybridized carbons (Fsp3) is 0.0769. The number of carbonyl (C=O) groups is 2. The number of nitrogens with one attached hydrogen (secondary N) is 1. The maximum atomic E-state index is 12.8. The van der Waals surface area contributed by atoms with Crippen LogP contribution in [0.2, 0.25) is 0 Å². The topological polar surface area (TPSA) is 99.2 Å². The van der Waals surface area contributed by atoms with Gasteiger partial charge in [-0.25, -0.2) is 4.79 Å². The van der Waals surface area contributed by atoms with Crippen LogP contribution in [0.4, 0.5) is 5.69 Å². The van der Waals surface area contributed by atoms with E-state index < -0.39 is 5.97 Å².